The summed E-state index contributed by atoms with van der Waals surface area (Å²) in [4.78, 5) is 27.3. The fourth-order valence-electron chi connectivity index (χ4n) is 3.38. The molecule has 0 saturated heterocycles. The summed E-state index contributed by atoms with van der Waals surface area (Å²) in [6.07, 6.45) is 0. The van der Waals surface area contributed by atoms with Gasteiger partial charge in [0, 0.05) is 28.7 Å². The number of benzene rings is 2. The average Bonchev–Trinajstić information content (AvgIpc) is 3.20. The topological polar surface area (TPSA) is 79.3 Å². The number of nitrogens with one attached hydrogen (secondary N) is 2. The molecule has 8 heteroatoms. The van der Waals surface area contributed by atoms with Crippen LogP contribution in [0, 0.1) is 13.8 Å². The van der Waals surface area contributed by atoms with Crippen LogP contribution in [-0.4, -0.2) is 39.7 Å². The third-order valence-electron chi connectivity index (χ3n) is 5.67. The van der Waals surface area contributed by atoms with Gasteiger partial charge in [-0.05, 0) is 62.2 Å². The number of aryl methyl sites for hydroxylation is 1. The van der Waals surface area contributed by atoms with Crippen LogP contribution in [0.1, 0.15) is 44.5 Å². The lowest BCUT2D eigenvalue weighted by molar-refractivity contribution is -0.116. The standard InChI is InChI=1S/C26H32ClN5O2/c1-7-31(25(34)28-21-10-8-9-17(2)18(21)3)16-24(33)29-23-15-22(26(4,5)6)30-32(23)20-13-11-19(27)12-14-20/h8-15H,7,16H2,1-6H3,(H,28,34)(H,29,33). The van der Waals surface area contributed by atoms with Gasteiger partial charge >= 0.3 is 6.03 Å². The van der Waals surface area contributed by atoms with E-state index in [1.807, 2.05) is 57.2 Å². The molecule has 0 spiro atoms. The largest absolute Gasteiger partial charge is 0.322 e. The Morgan fingerprint density at radius 2 is 1.74 bits per heavy atom. The van der Waals surface area contributed by atoms with Crippen LogP contribution >= 0.6 is 11.6 Å². The Morgan fingerprint density at radius 3 is 2.35 bits per heavy atom. The third-order valence-corrected chi connectivity index (χ3v) is 5.92. The molecule has 180 valence electrons. The summed E-state index contributed by atoms with van der Waals surface area (Å²) >= 11 is 6.04. The third kappa shape index (κ3) is 5.97. The van der Waals surface area contributed by atoms with Gasteiger partial charge in [-0.1, -0.05) is 44.5 Å². The molecule has 34 heavy (non-hydrogen) atoms. The fraction of sp³-hybridized carbons (Fsp3) is 0.346. The number of carbonyl (C=O) groups is 2. The summed E-state index contributed by atoms with van der Waals surface area (Å²) in [6, 6.07) is 14.5. The van der Waals surface area contributed by atoms with E-state index < -0.39 is 0 Å². The van der Waals surface area contributed by atoms with E-state index in [0.717, 1.165) is 28.2 Å². The first-order valence-electron chi connectivity index (χ1n) is 11.3. The summed E-state index contributed by atoms with van der Waals surface area (Å²) in [5.74, 6) is 0.219. The lowest BCUT2D eigenvalue weighted by Crippen LogP contribution is -2.40. The van der Waals surface area contributed by atoms with Gasteiger partial charge in [-0.2, -0.15) is 5.10 Å². The van der Waals surface area contributed by atoms with E-state index in [9.17, 15) is 9.59 Å². The zero-order chi connectivity index (χ0) is 25.0. The van der Waals surface area contributed by atoms with Gasteiger partial charge in [-0.15, -0.1) is 0 Å². The molecule has 3 amide bonds. The smallest absolute Gasteiger partial charge is 0.315 e. The van der Waals surface area contributed by atoms with E-state index in [-0.39, 0.29) is 23.9 Å². The van der Waals surface area contributed by atoms with Crippen LogP contribution in [0.2, 0.25) is 5.02 Å². The number of halogens is 1. The number of amides is 3. The SMILES string of the molecule is CCN(CC(=O)Nc1cc(C(C)(C)C)nn1-c1ccc(Cl)cc1)C(=O)Nc1cccc(C)c1C. The summed E-state index contributed by atoms with van der Waals surface area (Å²) in [5.41, 5.74) is 4.21. The maximum absolute atomic E-state index is 13.0. The fourth-order valence-corrected chi connectivity index (χ4v) is 3.51. The Morgan fingerprint density at radius 1 is 1.06 bits per heavy atom. The Balaban J connectivity index is 1.78. The highest BCUT2D eigenvalue weighted by atomic mass is 35.5. The lowest BCUT2D eigenvalue weighted by Gasteiger charge is -2.22. The van der Waals surface area contributed by atoms with Gasteiger partial charge in [0.25, 0.3) is 0 Å². The Bertz CT molecular complexity index is 1180. The molecule has 7 nitrogen and oxygen atoms in total. The van der Waals surface area contributed by atoms with Crippen LogP contribution in [0.25, 0.3) is 5.69 Å². The van der Waals surface area contributed by atoms with Gasteiger partial charge in [-0.3, -0.25) is 4.79 Å². The first-order chi connectivity index (χ1) is 16.0. The molecule has 1 aromatic heterocycles. The van der Waals surface area contributed by atoms with E-state index >= 15 is 0 Å². The molecular weight excluding hydrogens is 450 g/mol. The van der Waals surface area contributed by atoms with Gasteiger partial charge in [0.2, 0.25) is 5.91 Å². The normalized spacial score (nSPS) is 11.3. The molecule has 2 N–H and O–H groups in total. The number of carbonyl (C=O) groups excluding carboxylic acids is 2. The monoisotopic (exact) mass is 481 g/mol. The van der Waals surface area contributed by atoms with Crippen LogP contribution in [0.15, 0.2) is 48.5 Å². The molecule has 3 aromatic rings. The molecular formula is C26H32ClN5O2. The summed E-state index contributed by atoms with van der Waals surface area (Å²) in [5, 5.41) is 11.2. The van der Waals surface area contributed by atoms with Crippen molar-refractivity contribution in [3.63, 3.8) is 0 Å². The van der Waals surface area contributed by atoms with Crippen molar-refractivity contribution in [1.29, 1.82) is 0 Å². The minimum absolute atomic E-state index is 0.0934. The first-order valence-corrected chi connectivity index (χ1v) is 11.7. The average molecular weight is 482 g/mol. The van der Waals surface area contributed by atoms with Gasteiger partial charge in [0.05, 0.1) is 11.4 Å². The second-order valence-electron chi connectivity index (χ2n) is 9.29. The van der Waals surface area contributed by atoms with Crippen LogP contribution in [-0.2, 0) is 10.2 Å². The highest BCUT2D eigenvalue weighted by Gasteiger charge is 2.23. The van der Waals surface area contributed by atoms with Gasteiger partial charge < -0.3 is 15.5 Å². The maximum atomic E-state index is 13.0. The Hall–Kier alpha value is -3.32. The number of urea groups is 1. The van der Waals surface area contributed by atoms with Crippen molar-refractivity contribution in [1.82, 2.24) is 14.7 Å². The number of hydrogen-bond acceptors (Lipinski definition) is 3. The second-order valence-corrected chi connectivity index (χ2v) is 9.73. The minimum atomic E-state index is -0.326. The van der Waals surface area contributed by atoms with Crippen LogP contribution in [0.3, 0.4) is 0 Å². The molecule has 0 bridgehead atoms. The van der Waals surface area contributed by atoms with E-state index in [1.54, 1.807) is 16.8 Å². The maximum Gasteiger partial charge on any atom is 0.322 e. The number of anilines is 2. The van der Waals surface area contributed by atoms with Crippen molar-refractivity contribution in [3.8, 4) is 5.69 Å². The van der Waals surface area contributed by atoms with Crippen LogP contribution in [0.5, 0.6) is 0 Å². The van der Waals surface area contributed by atoms with Crippen molar-refractivity contribution in [2.24, 2.45) is 0 Å². The van der Waals surface area contributed by atoms with Crippen LogP contribution in [0.4, 0.5) is 16.3 Å². The second kappa shape index (κ2) is 10.3. The number of likely N-dealkylation sites (N-methyl/N-ethyl adjacent to an activating group) is 1. The number of hydrogen-bond donors (Lipinski definition) is 2. The van der Waals surface area contributed by atoms with Crippen LogP contribution < -0.4 is 10.6 Å². The Kier molecular flexibility index (Phi) is 7.67. The molecule has 2 aromatic carbocycles. The lowest BCUT2D eigenvalue weighted by atomic mass is 9.92. The summed E-state index contributed by atoms with van der Waals surface area (Å²) in [6.45, 7) is 12.3. The quantitative estimate of drug-likeness (QED) is 0.457. The highest BCUT2D eigenvalue weighted by molar-refractivity contribution is 6.30. The molecule has 0 aliphatic carbocycles. The van der Waals surface area contributed by atoms with Crippen molar-refractivity contribution in [2.45, 2.75) is 47.0 Å². The predicted molar refractivity (Wildman–Crippen MR) is 138 cm³/mol. The van der Waals surface area contributed by atoms with Crippen molar-refractivity contribution >= 4 is 35.0 Å². The van der Waals surface area contributed by atoms with Gasteiger partial charge in [-0.25, -0.2) is 9.48 Å². The van der Waals surface area contributed by atoms with E-state index in [1.165, 1.54) is 4.90 Å². The van der Waals surface area contributed by atoms with Gasteiger partial charge in [0.1, 0.15) is 12.4 Å². The number of aromatic nitrogens is 2. The molecule has 0 fully saturated rings. The molecule has 0 radical (unpaired) electrons. The van der Waals surface area contributed by atoms with E-state index in [0.29, 0.717) is 17.4 Å². The van der Waals surface area contributed by atoms with Crippen molar-refractivity contribution in [3.05, 3.63) is 70.4 Å². The number of rotatable bonds is 6. The molecule has 0 atom stereocenters. The zero-order valence-corrected chi connectivity index (χ0v) is 21.3. The molecule has 1 heterocycles. The minimum Gasteiger partial charge on any atom is -0.315 e. The Labute approximate surface area is 206 Å². The summed E-state index contributed by atoms with van der Waals surface area (Å²) < 4.78 is 1.68. The number of nitrogens with zero attached hydrogens (tertiary/aromatic N) is 3. The molecule has 3 rings (SSSR count). The van der Waals surface area contributed by atoms with Crippen molar-refractivity contribution < 1.29 is 9.59 Å². The van der Waals surface area contributed by atoms with Gasteiger partial charge in [0.15, 0.2) is 0 Å². The highest BCUT2D eigenvalue weighted by Crippen LogP contribution is 2.27. The zero-order valence-electron chi connectivity index (χ0n) is 20.6. The van der Waals surface area contributed by atoms with E-state index in [2.05, 4.69) is 31.4 Å². The summed E-state index contributed by atoms with van der Waals surface area (Å²) in [7, 11) is 0. The molecule has 0 aliphatic rings. The first kappa shape index (κ1) is 25.3. The van der Waals surface area contributed by atoms with Crippen molar-refractivity contribution in [2.75, 3.05) is 23.7 Å². The molecule has 0 aliphatic heterocycles. The van der Waals surface area contributed by atoms with E-state index in [4.69, 9.17) is 16.7 Å². The predicted octanol–water partition coefficient (Wildman–Crippen LogP) is 5.93. The molecule has 0 unspecified atom stereocenters. The molecule has 0 saturated carbocycles.